The van der Waals surface area contributed by atoms with Gasteiger partial charge in [0, 0.05) is 25.3 Å². The van der Waals surface area contributed by atoms with Crippen molar-refractivity contribution in [3.8, 4) is 0 Å². The number of benzene rings is 1. The van der Waals surface area contributed by atoms with Gasteiger partial charge in [0.05, 0.1) is 0 Å². The summed E-state index contributed by atoms with van der Waals surface area (Å²) in [5.41, 5.74) is -1.28. The van der Waals surface area contributed by atoms with E-state index >= 15 is 0 Å². The molecule has 0 amide bonds. The van der Waals surface area contributed by atoms with Gasteiger partial charge < -0.3 is 0 Å². The van der Waals surface area contributed by atoms with Gasteiger partial charge in [-0.2, -0.15) is 31.4 Å². The Kier molecular flexibility index (Phi) is 3.84. The van der Waals surface area contributed by atoms with Gasteiger partial charge in [-0.05, 0) is 5.56 Å². The Hall–Kier alpha value is -0.437. The predicted octanol–water partition coefficient (Wildman–Crippen LogP) is 2.64. The van der Waals surface area contributed by atoms with Gasteiger partial charge in [0.1, 0.15) is 0 Å². The normalized spacial score (nSPS) is 10.7. The smallest absolute Gasteiger partial charge is 0.236 e. The summed E-state index contributed by atoms with van der Waals surface area (Å²) in [6, 6.07) is 4.67. The van der Waals surface area contributed by atoms with E-state index in [4.69, 9.17) is 0 Å². The van der Waals surface area contributed by atoms with Gasteiger partial charge in [-0.25, -0.2) is 4.39 Å². The summed E-state index contributed by atoms with van der Waals surface area (Å²) >= 11 is 0. The molecule has 1 aromatic carbocycles. The van der Waals surface area contributed by atoms with Crippen molar-refractivity contribution < 1.29 is 37.0 Å². The zero-order valence-corrected chi connectivity index (χ0v) is 8.92. The van der Waals surface area contributed by atoms with Crippen LogP contribution in [0.2, 0.25) is 0 Å². The molecule has 0 aliphatic heterocycles. The van der Waals surface area contributed by atoms with Crippen LogP contribution in [0.25, 0.3) is 0 Å². The molecule has 1 aromatic rings. The zero-order valence-electron chi connectivity index (χ0n) is 5.95. The van der Waals surface area contributed by atoms with Crippen LogP contribution in [0.5, 0.6) is 0 Å². The van der Waals surface area contributed by atoms with Crippen LogP contribution in [0.15, 0.2) is 18.2 Å². The predicted molar refractivity (Wildman–Crippen MR) is 30.2 cm³/mol. The maximum atomic E-state index is 12.3. The first-order chi connectivity index (χ1) is 5.02. The Balaban J connectivity index is 0.00000121. The van der Waals surface area contributed by atoms with Crippen LogP contribution in [0.3, 0.4) is 0 Å². The number of hydrogen-bond acceptors (Lipinski definition) is 0. The molecule has 0 heterocycles. The third kappa shape index (κ3) is 2.56. The van der Waals surface area contributed by atoms with E-state index in [1.165, 1.54) is 0 Å². The van der Waals surface area contributed by atoms with Crippen molar-refractivity contribution in [3.63, 3.8) is 0 Å². The largest absolute Gasteiger partial charge is 0.372 e. The van der Waals surface area contributed by atoms with Crippen molar-refractivity contribution >= 4 is 0 Å². The number of rotatable bonds is 0. The van der Waals surface area contributed by atoms with E-state index in [1.54, 1.807) is 0 Å². The second kappa shape index (κ2) is 3.99. The molecule has 0 atom stereocenters. The average molecular weight is 228 g/mol. The van der Waals surface area contributed by atoms with Crippen molar-refractivity contribution in [3.05, 3.63) is 35.6 Å². The van der Waals surface area contributed by atoms with E-state index in [9.17, 15) is 17.6 Å². The minimum absolute atomic E-state index is 0. The quantitative estimate of drug-likeness (QED) is 0.364. The van der Waals surface area contributed by atoms with E-state index in [0.29, 0.717) is 6.07 Å². The van der Waals surface area contributed by atoms with Gasteiger partial charge in [0.15, 0.2) is 0 Å². The van der Waals surface area contributed by atoms with Crippen LogP contribution in [0.4, 0.5) is 17.6 Å². The van der Waals surface area contributed by atoms with Crippen molar-refractivity contribution in [1.29, 1.82) is 0 Å². The molecule has 0 saturated heterocycles. The summed E-state index contributed by atoms with van der Waals surface area (Å²) in [6.07, 6.45) is -4.62. The average Bonchev–Trinajstić information content (AvgIpc) is 1.86. The molecule has 0 nitrogen and oxygen atoms in total. The SMILES string of the molecule is Fc1[c-]cccc1C(F)(F)F.[Zn]. The van der Waals surface area contributed by atoms with Gasteiger partial charge in [0.25, 0.3) is 0 Å². The Bertz CT molecular complexity index is 256. The first-order valence-electron chi connectivity index (χ1n) is 2.75. The van der Waals surface area contributed by atoms with E-state index in [1.807, 2.05) is 6.07 Å². The molecule has 0 unspecified atom stereocenters. The number of halogens is 4. The van der Waals surface area contributed by atoms with E-state index in [2.05, 4.69) is 0 Å². The van der Waals surface area contributed by atoms with Crippen LogP contribution in [-0.4, -0.2) is 0 Å². The Morgan fingerprint density at radius 1 is 1.25 bits per heavy atom. The van der Waals surface area contributed by atoms with Gasteiger partial charge in [-0.15, -0.1) is 6.07 Å². The first-order valence-corrected chi connectivity index (χ1v) is 2.75. The second-order valence-corrected chi connectivity index (χ2v) is 1.90. The molecular formula is C7H3F4Zn-. The Morgan fingerprint density at radius 2 is 1.83 bits per heavy atom. The van der Waals surface area contributed by atoms with E-state index in [0.717, 1.165) is 12.1 Å². The van der Waals surface area contributed by atoms with Crippen molar-refractivity contribution in [2.75, 3.05) is 0 Å². The summed E-state index contributed by atoms with van der Waals surface area (Å²) in [5.74, 6) is -1.36. The Morgan fingerprint density at radius 3 is 2.17 bits per heavy atom. The topological polar surface area (TPSA) is 0 Å². The second-order valence-electron chi connectivity index (χ2n) is 1.90. The fourth-order valence-corrected chi connectivity index (χ4v) is 0.635. The molecule has 12 heavy (non-hydrogen) atoms. The standard InChI is InChI=1S/C7H3F4.Zn/c8-6-4-2-1-3-5(6)7(9,10)11;/h1-3H;/q-1;. The Labute approximate surface area is 79.3 Å². The fourth-order valence-electron chi connectivity index (χ4n) is 0.635. The van der Waals surface area contributed by atoms with Gasteiger partial charge in [-0.3, -0.25) is 0 Å². The van der Waals surface area contributed by atoms with Gasteiger partial charge >= 0.3 is 6.18 Å². The molecule has 0 radical (unpaired) electrons. The molecule has 0 aliphatic carbocycles. The zero-order chi connectivity index (χ0) is 8.48. The minimum atomic E-state index is -4.62. The van der Waals surface area contributed by atoms with Crippen molar-refractivity contribution in [1.82, 2.24) is 0 Å². The molecule has 0 aromatic heterocycles. The van der Waals surface area contributed by atoms with Crippen LogP contribution < -0.4 is 0 Å². The fraction of sp³-hybridized carbons (Fsp3) is 0.143. The summed E-state index contributed by atoms with van der Waals surface area (Å²) in [4.78, 5) is 0. The summed E-state index contributed by atoms with van der Waals surface area (Å²) in [6.45, 7) is 0. The monoisotopic (exact) mass is 227 g/mol. The number of alkyl halides is 3. The molecule has 0 fully saturated rings. The van der Waals surface area contributed by atoms with Crippen LogP contribution in [0.1, 0.15) is 5.56 Å². The van der Waals surface area contributed by atoms with Crippen LogP contribution >= 0.6 is 0 Å². The minimum Gasteiger partial charge on any atom is -0.236 e. The van der Waals surface area contributed by atoms with Crippen LogP contribution in [-0.2, 0) is 25.7 Å². The van der Waals surface area contributed by atoms with Gasteiger partial charge in [-0.1, -0.05) is 0 Å². The molecular weight excluding hydrogens is 225 g/mol. The molecule has 1 rings (SSSR count). The van der Waals surface area contributed by atoms with E-state index < -0.39 is 17.6 Å². The molecule has 5 heteroatoms. The molecule has 0 spiro atoms. The first kappa shape index (κ1) is 11.6. The molecule has 0 bridgehead atoms. The van der Waals surface area contributed by atoms with Crippen molar-refractivity contribution in [2.45, 2.75) is 6.18 Å². The van der Waals surface area contributed by atoms with Crippen molar-refractivity contribution in [2.24, 2.45) is 0 Å². The maximum Gasteiger partial charge on any atom is 0.372 e. The molecule has 62 valence electrons. The van der Waals surface area contributed by atoms with Gasteiger partial charge in [0.2, 0.25) is 0 Å². The number of hydrogen-bond donors (Lipinski definition) is 0. The summed E-state index contributed by atoms with van der Waals surface area (Å²) in [7, 11) is 0. The maximum absolute atomic E-state index is 12.3. The molecule has 0 saturated carbocycles. The summed E-state index contributed by atoms with van der Waals surface area (Å²) < 4.78 is 47.7. The van der Waals surface area contributed by atoms with Crippen LogP contribution in [0, 0.1) is 11.9 Å². The third-order valence-corrected chi connectivity index (χ3v) is 1.11. The summed E-state index contributed by atoms with van der Waals surface area (Å²) in [5, 5.41) is 0. The molecule has 0 N–H and O–H groups in total. The van der Waals surface area contributed by atoms with E-state index in [-0.39, 0.29) is 19.5 Å². The third-order valence-electron chi connectivity index (χ3n) is 1.11. The molecule has 0 aliphatic rings.